The van der Waals surface area contributed by atoms with Gasteiger partial charge >= 0.3 is 0 Å². The number of hydrogen-bond donors (Lipinski definition) is 2. The molecule has 0 aliphatic heterocycles. The second-order valence-electron chi connectivity index (χ2n) is 5.81. The van der Waals surface area contributed by atoms with Crippen molar-refractivity contribution < 1.29 is 4.79 Å². The second kappa shape index (κ2) is 8.05. The SMILES string of the molecule is CSC1CCCC1NC(=O)C[C@@H](CN)CC(C)C. The Balaban J connectivity index is 2.35. The molecule has 1 amide bonds. The molecule has 0 aromatic carbocycles. The van der Waals surface area contributed by atoms with Gasteiger partial charge in [-0.05, 0) is 43.9 Å². The van der Waals surface area contributed by atoms with E-state index in [0.29, 0.717) is 36.1 Å². The van der Waals surface area contributed by atoms with Gasteiger partial charge < -0.3 is 11.1 Å². The van der Waals surface area contributed by atoms with Gasteiger partial charge in [0.05, 0.1) is 0 Å². The number of hydrogen-bond acceptors (Lipinski definition) is 3. The smallest absolute Gasteiger partial charge is 0.220 e. The molecule has 1 rings (SSSR count). The molecule has 0 aromatic rings. The molecule has 18 heavy (non-hydrogen) atoms. The normalized spacial score (nSPS) is 25.4. The molecule has 0 heterocycles. The number of thioether (sulfide) groups is 1. The van der Waals surface area contributed by atoms with E-state index in [1.807, 2.05) is 11.8 Å². The summed E-state index contributed by atoms with van der Waals surface area (Å²) in [6, 6.07) is 0.380. The van der Waals surface area contributed by atoms with Crippen molar-refractivity contribution in [2.45, 2.75) is 57.2 Å². The number of rotatable bonds is 7. The highest BCUT2D eigenvalue weighted by molar-refractivity contribution is 7.99. The Morgan fingerprint density at radius 3 is 2.72 bits per heavy atom. The molecule has 0 saturated heterocycles. The van der Waals surface area contributed by atoms with E-state index in [4.69, 9.17) is 5.73 Å². The summed E-state index contributed by atoms with van der Waals surface area (Å²) in [4.78, 5) is 12.0. The predicted octanol–water partition coefficient (Wildman–Crippen LogP) is 2.40. The largest absolute Gasteiger partial charge is 0.352 e. The summed E-state index contributed by atoms with van der Waals surface area (Å²) in [5.74, 6) is 1.13. The van der Waals surface area contributed by atoms with Crippen LogP contribution in [-0.4, -0.2) is 30.0 Å². The molecule has 106 valence electrons. The van der Waals surface area contributed by atoms with Crippen LogP contribution in [0, 0.1) is 11.8 Å². The lowest BCUT2D eigenvalue weighted by molar-refractivity contribution is -0.122. The standard InChI is InChI=1S/C14H28N2OS/c1-10(2)7-11(9-15)8-14(17)16-12-5-4-6-13(12)18-3/h10-13H,4-9,15H2,1-3H3,(H,16,17)/t11-,12?,13?/m0/s1. The fraction of sp³-hybridized carbons (Fsp3) is 0.929. The quantitative estimate of drug-likeness (QED) is 0.748. The van der Waals surface area contributed by atoms with Crippen molar-refractivity contribution in [2.24, 2.45) is 17.6 Å². The van der Waals surface area contributed by atoms with Crippen molar-refractivity contribution in [1.29, 1.82) is 0 Å². The van der Waals surface area contributed by atoms with E-state index < -0.39 is 0 Å². The van der Waals surface area contributed by atoms with Gasteiger partial charge in [0, 0.05) is 17.7 Å². The molecule has 1 saturated carbocycles. The highest BCUT2D eigenvalue weighted by atomic mass is 32.2. The molecule has 2 unspecified atom stereocenters. The van der Waals surface area contributed by atoms with Crippen LogP contribution >= 0.6 is 11.8 Å². The molecule has 4 heteroatoms. The van der Waals surface area contributed by atoms with Gasteiger partial charge in [-0.2, -0.15) is 11.8 Å². The Morgan fingerprint density at radius 2 is 2.17 bits per heavy atom. The zero-order valence-corrected chi connectivity index (χ0v) is 12.8. The molecule has 1 aliphatic carbocycles. The van der Waals surface area contributed by atoms with Gasteiger partial charge in [-0.15, -0.1) is 0 Å². The number of nitrogens with two attached hydrogens (primary N) is 1. The Kier molecular flexibility index (Phi) is 7.08. The van der Waals surface area contributed by atoms with Crippen LogP contribution in [0.15, 0.2) is 0 Å². The van der Waals surface area contributed by atoms with E-state index in [9.17, 15) is 4.79 Å². The van der Waals surface area contributed by atoms with Crippen LogP contribution in [0.4, 0.5) is 0 Å². The Bertz CT molecular complexity index is 258. The van der Waals surface area contributed by atoms with Crippen LogP contribution in [0.3, 0.4) is 0 Å². The molecule has 3 nitrogen and oxygen atoms in total. The first kappa shape index (κ1) is 15.8. The second-order valence-corrected chi connectivity index (χ2v) is 6.89. The molecular weight excluding hydrogens is 244 g/mol. The third-order valence-electron chi connectivity index (χ3n) is 3.71. The number of amides is 1. The lowest BCUT2D eigenvalue weighted by Gasteiger charge is -2.21. The summed E-state index contributed by atoms with van der Waals surface area (Å²) in [7, 11) is 0. The van der Waals surface area contributed by atoms with E-state index in [0.717, 1.165) is 12.8 Å². The lowest BCUT2D eigenvalue weighted by atomic mass is 9.94. The van der Waals surface area contributed by atoms with E-state index in [1.54, 1.807) is 0 Å². The van der Waals surface area contributed by atoms with Crippen LogP contribution in [0.1, 0.15) is 46.0 Å². The van der Waals surface area contributed by atoms with Gasteiger partial charge in [0.1, 0.15) is 0 Å². The third kappa shape index (κ3) is 5.19. The molecule has 0 bridgehead atoms. The van der Waals surface area contributed by atoms with Gasteiger partial charge in [-0.1, -0.05) is 20.3 Å². The van der Waals surface area contributed by atoms with E-state index in [-0.39, 0.29) is 5.91 Å². The summed E-state index contributed by atoms with van der Waals surface area (Å²) in [6.45, 7) is 4.98. The zero-order chi connectivity index (χ0) is 13.5. The first-order valence-electron chi connectivity index (χ1n) is 7.09. The van der Waals surface area contributed by atoms with Gasteiger partial charge in [0.2, 0.25) is 5.91 Å². The summed E-state index contributed by atoms with van der Waals surface area (Å²) in [5, 5.41) is 3.81. The van der Waals surface area contributed by atoms with E-state index >= 15 is 0 Å². The van der Waals surface area contributed by atoms with Gasteiger partial charge in [0.15, 0.2) is 0 Å². The minimum absolute atomic E-state index is 0.192. The van der Waals surface area contributed by atoms with E-state index in [1.165, 1.54) is 12.8 Å². The molecular formula is C14H28N2OS. The van der Waals surface area contributed by atoms with E-state index in [2.05, 4.69) is 25.4 Å². The highest BCUT2D eigenvalue weighted by Gasteiger charge is 2.28. The van der Waals surface area contributed by atoms with Crippen molar-refractivity contribution in [2.75, 3.05) is 12.8 Å². The number of carbonyl (C=O) groups excluding carboxylic acids is 1. The molecule has 0 spiro atoms. The Hall–Kier alpha value is -0.220. The fourth-order valence-corrected chi connectivity index (χ4v) is 3.77. The average molecular weight is 272 g/mol. The minimum atomic E-state index is 0.192. The average Bonchev–Trinajstić information content (AvgIpc) is 2.74. The molecule has 3 atom stereocenters. The molecule has 0 radical (unpaired) electrons. The summed E-state index contributed by atoms with van der Waals surface area (Å²) >= 11 is 1.88. The van der Waals surface area contributed by atoms with Gasteiger partial charge in [-0.3, -0.25) is 4.79 Å². The van der Waals surface area contributed by atoms with Crippen LogP contribution in [0.5, 0.6) is 0 Å². The van der Waals surface area contributed by atoms with Crippen molar-refractivity contribution in [3.63, 3.8) is 0 Å². The molecule has 0 aromatic heterocycles. The van der Waals surface area contributed by atoms with Crippen molar-refractivity contribution in [1.82, 2.24) is 5.32 Å². The van der Waals surface area contributed by atoms with Gasteiger partial charge in [-0.25, -0.2) is 0 Å². The number of carbonyl (C=O) groups is 1. The van der Waals surface area contributed by atoms with Crippen LogP contribution in [0.2, 0.25) is 0 Å². The zero-order valence-electron chi connectivity index (χ0n) is 11.9. The molecule has 3 N–H and O–H groups in total. The first-order valence-corrected chi connectivity index (χ1v) is 8.37. The van der Waals surface area contributed by atoms with Crippen LogP contribution in [-0.2, 0) is 4.79 Å². The minimum Gasteiger partial charge on any atom is -0.352 e. The predicted molar refractivity (Wildman–Crippen MR) is 79.7 cm³/mol. The van der Waals surface area contributed by atoms with Gasteiger partial charge in [0.25, 0.3) is 0 Å². The molecule has 1 fully saturated rings. The highest BCUT2D eigenvalue weighted by Crippen LogP contribution is 2.28. The van der Waals surface area contributed by atoms with Crippen molar-refractivity contribution >= 4 is 17.7 Å². The Morgan fingerprint density at radius 1 is 1.44 bits per heavy atom. The van der Waals surface area contributed by atoms with Crippen molar-refractivity contribution in [3.05, 3.63) is 0 Å². The van der Waals surface area contributed by atoms with Crippen LogP contribution < -0.4 is 11.1 Å². The maximum Gasteiger partial charge on any atom is 0.220 e. The fourth-order valence-electron chi connectivity index (χ4n) is 2.83. The first-order chi connectivity index (χ1) is 8.56. The lowest BCUT2D eigenvalue weighted by Crippen LogP contribution is -2.40. The molecule has 1 aliphatic rings. The maximum absolute atomic E-state index is 12.0. The summed E-state index contributed by atoms with van der Waals surface area (Å²) < 4.78 is 0. The van der Waals surface area contributed by atoms with Crippen LogP contribution in [0.25, 0.3) is 0 Å². The maximum atomic E-state index is 12.0. The monoisotopic (exact) mass is 272 g/mol. The third-order valence-corrected chi connectivity index (χ3v) is 4.88. The number of nitrogens with one attached hydrogen (secondary N) is 1. The topological polar surface area (TPSA) is 55.1 Å². The summed E-state index contributed by atoms with van der Waals surface area (Å²) in [5.41, 5.74) is 5.75. The summed E-state index contributed by atoms with van der Waals surface area (Å²) in [6.07, 6.45) is 7.37. The Labute approximate surface area is 116 Å². The van der Waals surface area contributed by atoms with Crippen molar-refractivity contribution in [3.8, 4) is 0 Å².